The summed E-state index contributed by atoms with van der Waals surface area (Å²) in [6, 6.07) is 10.3. The Morgan fingerprint density at radius 1 is 0.812 bits per heavy atom. The van der Waals surface area contributed by atoms with Crippen LogP contribution >= 0.6 is 0 Å². The Morgan fingerprint density at radius 2 is 1.28 bits per heavy atom. The molecule has 2 aromatic rings. The maximum absolute atomic E-state index is 6.23. The maximum atomic E-state index is 6.23. The van der Waals surface area contributed by atoms with E-state index in [-0.39, 0.29) is 30.2 Å². The van der Waals surface area contributed by atoms with Crippen LogP contribution in [0.5, 0.6) is 0 Å². The van der Waals surface area contributed by atoms with E-state index < -0.39 is 0 Å². The van der Waals surface area contributed by atoms with Gasteiger partial charge in [0.25, 0.3) is 0 Å². The van der Waals surface area contributed by atoms with Gasteiger partial charge in [0.2, 0.25) is 17.8 Å². The van der Waals surface area contributed by atoms with E-state index >= 15 is 0 Å². The topological polar surface area (TPSA) is 161 Å². The van der Waals surface area contributed by atoms with Crippen molar-refractivity contribution in [2.75, 3.05) is 41.3 Å². The average molecular weight is 441 g/mol. The Hall–Kier alpha value is -2.53. The number of hydrogen-bond donors (Lipinski definition) is 5. The Balaban J connectivity index is 1.66. The van der Waals surface area contributed by atoms with Gasteiger partial charge in [0, 0.05) is 50.3 Å². The van der Waals surface area contributed by atoms with Crippen LogP contribution in [0.1, 0.15) is 37.8 Å². The van der Waals surface area contributed by atoms with Crippen molar-refractivity contribution in [3.05, 3.63) is 35.9 Å². The number of nitrogens with two attached hydrogens (primary N) is 4. The molecule has 1 aromatic carbocycles. The molecule has 32 heavy (non-hydrogen) atoms. The van der Waals surface area contributed by atoms with Gasteiger partial charge in [-0.05, 0) is 24.8 Å². The van der Waals surface area contributed by atoms with Crippen LogP contribution in [-0.4, -0.2) is 65.3 Å². The highest BCUT2D eigenvalue weighted by Crippen LogP contribution is 2.25. The Morgan fingerprint density at radius 3 is 1.72 bits per heavy atom. The lowest BCUT2D eigenvalue weighted by molar-refractivity contribution is 0.441. The van der Waals surface area contributed by atoms with E-state index in [1.54, 1.807) is 0 Å². The highest BCUT2D eigenvalue weighted by Gasteiger charge is 2.29. The van der Waals surface area contributed by atoms with Gasteiger partial charge in [-0.1, -0.05) is 37.3 Å². The minimum Gasteiger partial charge on any atom is -0.347 e. The van der Waals surface area contributed by atoms with E-state index in [1.807, 2.05) is 18.2 Å². The molecule has 2 aliphatic heterocycles. The van der Waals surface area contributed by atoms with E-state index in [0.29, 0.717) is 44.0 Å². The maximum Gasteiger partial charge on any atom is 0.232 e. The summed E-state index contributed by atoms with van der Waals surface area (Å²) in [5.41, 5.74) is 26.1. The van der Waals surface area contributed by atoms with Crippen molar-refractivity contribution in [1.82, 2.24) is 15.0 Å². The van der Waals surface area contributed by atoms with E-state index in [1.165, 1.54) is 5.56 Å². The van der Waals surface area contributed by atoms with Crippen LogP contribution in [0, 0.1) is 0 Å². The summed E-state index contributed by atoms with van der Waals surface area (Å²) < 4.78 is 0. The molecule has 0 spiro atoms. The monoisotopic (exact) mass is 440 g/mol. The standard InChI is InChI=1S/C22H36N10/c1-2-19(14-6-4-3-5-7-14)27-20-28-21(31-10-15(23)8-16(24)11-31)30-22(29-20)32-12-17(25)9-18(26)13-32/h3-7,15-19H,2,8-13,23-26H2,1H3,(H,27,28,29,30)/t15-,16+,17-,18+,19?. The molecule has 10 heteroatoms. The van der Waals surface area contributed by atoms with Crippen molar-refractivity contribution < 1.29 is 0 Å². The number of benzene rings is 1. The molecule has 2 saturated heterocycles. The zero-order chi connectivity index (χ0) is 22.7. The molecular weight excluding hydrogens is 404 g/mol. The van der Waals surface area contributed by atoms with Crippen molar-refractivity contribution in [2.24, 2.45) is 22.9 Å². The average Bonchev–Trinajstić information content (AvgIpc) is 2.76. The summed E-state index contributed by atoms with van der Waals surface area (Å²) in [5, 5.41) is 3.51. The van der Waals surface area contributed by atoms with E-state index in [9.17, 15) is 0 Å². The summed E-state index contributed by atoms with van der Waals surface area (Å²) in [6.07, 6.45) is 2.47. The van der Waals surface area contributed by atoms with Crippen LogP contribution in [0.3, 0.4) is 0 Å². The molecule has 9 N–H and O–H groups in total. The first-order chi connectivity index (χ1) is 15.4. The third-order valence-corrected chi connectivity index (χ3v) is 6.12. The molecule has 0 amide bonds. The van der Waals surface area contributed by atoms with Gasteiger partial charge in [0.1, 0.15) is 0 Å². The molecule has 0 radical (unpaired) electrons. The van der Waals surface area contributed by atoms with E-state index in [0.717, 1.165) is 19.3 Å². The van der Waals surface area contributed by atoms with Crippen LogP contribution in [0.2, 0.25) is 0 Å². The molecule has 0 saturated carbocycles. The molecule has 0 aliphatic carbocycles. The predicted molar refractivity (Wildman–Crippen MR) is 128 cm³/mol. The number of piperidine rings is 2. The number of nitrogens with one attached hydrogen (secondary N) is 1. The Labute approximate surface area is 189 Å². The molecule has 10 nitrogen and oxygen atoms in total. The zero-order valence-electron chi connectivity index (χ0n) is 18.8. The molecule has 1 aromatic heterocycles. The SMILES string of the molecule is CCC(Nc1nc(N2C[C@H](N)C[C@H](N)C2)nc(N2C[C@H](N)C[C@H](N)C2)n1)c1ccccc1. The van der Waals surface area contributed by atoms with Crippen molar-refractivity contribution in [3.8, 4) is 0 Å². The summed E-state index contributed by atoms with van der Waals surface area (Å²) >= 11 is 0. The van der Waals surface area contributed by atoms with Crippen LogP contribution in [0.15, 0.2) is 30.3 Å². The number of hydrogen-bond acceptors (Lipinski definition) is 10. The first-order valence-corrected chi connectivity index (χ1v) is 11.5. The van der Waals surface area contributed by atoms with Crippen molar-refractivity contribution >= 4 is 17.8 Å². The van der Waals surface area contributed by atoms with Crippen LogP contribution in [-0.2, 0) is 0 Å². The fourth-order valence-electron chi connectivity index (χ4n) is 4.65. The number of aromatic nitrogens is 3. The van der Waals surface area contributed by atoms with Crippen molar-refractivity contribution in [2.45, 2.75) is 56.4 Å². The van der Waals surface area contributed by atoms with Crippen LogP contribution in [0.25, 0.3) is 0 Å². The molecule has 4 rings (SSSR count). The summed E-state index contributed by atoms with van der Waals surface area (Å²) in [4.78, 5) is 18.4. The second-order valence-corrected chi connectivity index (χ2v) is 9.10. The summed E-state index contributed by atoms with van der Waals surface area (Å²) in [6.45, 7) is 4.77. The van der Waals surface area contributed by atoms with Gasteiger partial charge in [0.15, 0.2) is 0 Å². The molecule has 5 atom stereocenters. The minimum atomic E-state index is -0.0140. The summed E-state index contributed by atoms with van der Waals surface area (Å²) in [7, 11) is 0. The first kappa shape index (κ1) is 22.7. The van der Waals surface area contributed by atoms with Gasteiger partial charge >= 0.3 is 0 Å². The lowest BCUT2D eigenvalue weighted by atomic mass is 10.0. The zero-order valence-corrected chi connectivity index (χ0v) is 18.8. The molecule has 0 bridgehead atoms. The highest BCUT2D eigenvalue weighted by molar-refractivity contribution is 5.47. The second kappa shape index (κ2) is 9.95. The Kier molecular flexibility index (Phi) is 7.04. The lowest BCUT2D eigenvalue weighted by Gasteiger charge is -2.37. The lowest BCUT2D eigenvalue weighted by Crippen LogP contribution is -2.54. The molecule has 2 fully saturated rings. The second-order valence-electron chi connectivity index (χ2n) is 9.10. The smallest absolute Gasteiger partial charge is 0.232 e. The van der Waals surface area contributed by atoms with Gasteiger partial charge in [-0.25, -0.2) is 0 Å². The van der Waals surface area contributed by atoms with Gasteiger partial charge in [-0.3, -0.25) is 0 Å². The fraction of sp³-hybridized carbons (Fsp3) is 0.591. The third kappa shape index (κ3) is 5.44. The quantitative estimate of drug-likeness (QED) is 0.418. The van der Waals surface area contributed by atoms with Crippen LogP contribution < -0.4 is 38.1 Å². The fourth-order valence-corrected chi connectivity index (χ4v) is 4.65. The largest absolute Gasteiger partial charge is 0.347 e. The van der Waals surface area contributed by atoms with Gasteiger partial charge < -0.3 is 38.1 Å². The van der Waals surface area contributed by atoms with E-state index in [4.69, 9.17) is 37.9 Å². The molecule has 1 unspecified atom stereocenters. The van der Waals surface area contributed by atoms with Gasteiger partial charge in [-0.2, -0.15) is 15.0 Å². The Bertz CT molecular complexity index is 814. The molecule has 2 aliphatic rings. The normalized spacial score (nSPS) is 27.3. The number of rotatable bonds is 6. The molecule has 3 heterocycles. The summed E-state index contributed by atoms with van der Waals surface area (Å²) in [5.74, 6) is 1.69. The van der Waals surface area contributed by atoms with Crippen molar-refractivity contribution in [1.29, 1.82) is 0 Å². The molecule has 174 valence electrons. The van der Waals surface area contributed by atoms with Gasteiger partial charge in [0.05, 0.1) is 6.04 Å². The number of anilines is 3. The van der Waals surface area contributed by atoms with Crippen molar-refractivity contribution in [3.63, 3.8) is 0 Å². The minimum absolute atomic E-state index is 0.0140. The number of nitrogens with zero attached hydrogens (tertiary/aromatic N) is 5. The van der Waals surface area contributed by atoms with Crippen LogP contribution in [0.4, 0.5) is 17.8 Å². The van der Waals surface area contributed by atoms with E-state index in [2.05, 4.69) is 34.2 Å². The third-order valence-electron chi connectivity index (χ3n) is 6.12. The highest BCUT2D eigenvalue weighted by atomic mass is 15.4. The predicted octanol–water partition coefficient (Wildman–Crippen LogP) is 0.164. The first-order valence-electron chi connectivity index (χ1n) is 11.5. The van der Waals surface area contributed by atoms with Gasteiger partial charge in [-0.15, -0.1) is 0 Å². The molecular formula is C22H36N10.